The molecule has 0 aliphatic rings. The summed E-state index contributed by atoms with van der Waals surface area (Å²) in [6.07, 6.45) is 2.21. The molecule has 2 rings (SSSR count). The van der Waals surface area contributed by atoms with Crippen LogP contribution in [0.25, 0.3) is 0 Å². The molecule has 0 amide bonds. The lowest BCUT2D eigenvalue weighted by Gasteiger charge is -2.23. The number of hydrogen-bond donors (Lipinski definition) is 0. The first-order valence-electron chi connectivity index (χ1n) is 6.03. The van der Waals surface area contributed by atoms with E-state index in [-0.39, 0.29) is 0 Å². The zero-order valence-electron chi connectivity index (χ0n) is 10.1. The van der Waals surface area contributed by atoms with Gasteiger partial charge in [-0.3, -0.25) is 0 Å². The fourth-order valence-electron chi connectivity index (χ4n) is 2.03. The standard InChI is InChI=1S/C15H16BrPS/c16-12-7-13-17(18,14-8-3-1-4-9-14)15-10-5-2-6-11-15/h1-6,8-11H,7,12-13H2. The summed E-state index contributed by atoms with van der Waals surface area (Å²) >= 11 is 9.61. The number of rotatable bonds is 5. The van der Waals surface area contributed by atoms with E-state index < -0.39 is 6.04 Å². The molecule has 0 aliphatic heterocycles. The third kappa shape index (κ3) is 3.12. The summed E-state index contributed by atoms with van der Waals surface area (Å²) in [6.45, 7) is 0. The van der Waals surface area contributed by atoms with Gasteiger partial charge >= 0.3 is 0 Å². The maximum atomic E-state index is 6.09. The highest BCUT2D eigenvalue weighted by Gasteiger charge is 2.20. The van der Waals surface area contributed by atoms with Gasteiger partial charge in [-0.05, 0) is 23.2 Å². The van der Waals surface area contributed by atoms with Crippen LogP contribution >= 0.6 is 22.0 Å². The Bertz CT molecular complexity index is 481. The van der Waals surface area contributed by atoms with E-state index in [2.05, 4.69) is 76.6 Å². The summed E-state index contributed by atoms with van der Waals surface area (Å²) in [5, 5.41) is 3.67. The van der Waals surface area contributed by atoms with Crippen molar-refractivity contribution in [3.05, 3.63) is 60.7 Å². The monoisotopic (exact) mass is 338 g/mol. The van der Waals surface area contributed by atoms with Crippen molar-refractivity contribution < 1.29 is 0 Å². The minimum absolute atomic E-state index is 1.02. The van der Waals surface area contributed by atoms with Crippen molar-refractivity contribution in [2.24, 2.45) is 0 Å². The van der Waals surface area contributed by atoms with Crippen LogP contribution in [-0.2, 0) is 11.8 Å². The predicted octanol–water partition coefficient (Wildman–Crippen LogP) is 3.90. The molecule has 0 atom stereocenters. The minimum atomic E-state index is -1.64. The molecule has 94 valence electrons. The SMILES string of the molecule is S=P(CCCBr)(c1ccccc1)c1ccccc1. The van der Waals surface area contributed by atoms with E-state index in [9.17, 15) is 0 Å². The average Bonchev–Trinajstić information content (AvgIpc) is 2.46. The van der Waals surface area contributed by atoms with Crippen LogP contribution in [0.15, 0.2) is 60.7 Å². The predicted molar refractivity (Wildman–Crippen MR) is 89.7 cm³/mol. The molecule has 0 bridgehead atoms. The zero-order valence-corrected chi connectivity index (χ0v) is 13.4. The topological polar surface area (TPSA) is 0 Å². The third-order valence-corrected chi connectivity index (χ3v) is 8.54. The highest BCUT2D eigenvalue weighted by Crippen LogP contribution is 2.44. The van der Waals surface area contributed by atoms with Gasteiger partial charge in [0.2, 0.25) is 0 Å². The van der Waals surface area contributed by atoms with Gasteiger partial charge in [-0.1, -0.05) is 88.4 Å². The minimum Gasteiger partial charge on any atom is -0.0928 e. The van der Waals surface area contributed by atoms with Crippen LogP contribution < -0.4 is 10.6 Å². The second-order valence-electron chi connectivity index (χ2n) is 4.18. The summed E-state index contributed by atoms with van der Waals surface area (Å²) in [5.74, 6) is 0. The average molecular weight is 339 g/mol. The van der Waals surface area contributed by atoms with Crippen LogP contribution in [0.2, 0.25) is 0 Å². The molecular formula is C15H16BrPS. The van der Waals surface area contributed by atoms with Crippen molar-refractivity contribution in [2.75, 3.05) is 11.5 Å². The lowest BCUT2D eigenvalue weighted by molar-refractivity contribution is 1.13. The molecule has 0 nitrogen and oxygen atoms in total. The van der Waals surface area contributed by atoms with Crippen molar-refractivity contribution in [3.8, 4) is 0 Å². The summed E-state index contributed by atoms with van der Waals surface area (Å²) in [7, 11) is 0. The van der Waals surface area contributed by atoms with Crippen molar-refractivity contribution >= 4 is 44.4 Å². The number of halogens is 1. The Morgan fingerprint density at radius 1 is 0.833 bits per heavy atom. The maximum absolute atomic E-state index is 6.09. The first kappa shape index (κ1) is 14.0. The molecule has 3 heteroatoms. The number of alkyl halides is 1. The molecule has 0 saturated heterocycles. The Hall–Kier alpha value is -0.430. The van der Waals surface area contributed by atoms with Crippen LogP contribution in [0, 0.1) is 0 Å². The van der Waals surface area contributed by atoms with Gasteiger partial charge in [0, 0.05) is 11.4 Å². The van der Waals surface area contributed by atoms with Gasteiger partial charge in [0.05, 0.1) is 0 Å². The molecule has 2 aromatic rings. The zero-order chi connectivity index (χ0) is 12.8. The Kier molecular flexibility index (Phi) is 5.17. The van der Waals surface area contributed by atoms with Gasteiger partial charge < -0.3 is 0 Å². The summed E-state index contributed by atoms with van der Waals surface area (Å²) in [5.41, 5.74) is 0. The van der Waals surface area contributed by atoms with Gasteiger partial charge in [0.15, 0.2) is 0 Å². The summed E-state index contributed by atoms with van der Waals surface area (Å²) in [4.78, 5) is 0. The normalized spacial score (nSPS) is 11.4. The Morgan fingerprint density at radius 2 is 1.28 bits per heavy atom. The highest BCUT2D eigenvalue weighted by atomic mass is 79.9. The van der Waals surface area contributed by atoms with E-state index in [4.69, 9.17) is 11.8 Å². The lowest BCUT2D eigenvalue weighted by atomic mass is 10.4. The first-order valence-corrected chi connectivity index (χ1v) is 10.1. The Labute approximate surface area is 123 Å². The van der Waals surface area contributed by atoms with Crippen molar-refractivity contribution in [3.63, 3.8) is 0 Å². The van der Waals surface area contributed by atoms with E-state index >= 15 is 0 Å². The van der Waals surface area contributed by atoms with E-state index in [1.54, 1.807) is 0 Å². The van der Waals surface area contributed by atoms with Crippen LogP contribution in [0.1, 0.15) is 6.42 Å². The van der Waals surface area contributed by atoms with Gasteiger partial charge in [-0.25, -0.2) is 0 Å². The smallest absolute Gasteiger partial charge is 0.0106 e. The van der Waals surface area contributed by atoms with Gasteiger partial charge in [-0.15, -0.1) is 0 Å². The number of benzene rings is 2. The quantitative estimate of drug-likeness (QED) is 0.588. The summed E-state index contributed by atoms with van der Waals surface area (Å²) < 4.78 is 0. The second-order valence-corrected chi connectivity index (χ2v) is 9.80. The molecule has 0 spiro atoms. The third-order valence-electron chi connectivity index (χ3n) is 2.95. The molecule has 0 unspecified atom stereocenters. The Morgan fingerprint density at radius 3 is 1.67 bits per heavy atom. The van der Waals surface area contributed by atoms with E-state index in [0.29, 0.717) is 0 Å². The molecular weight excluding hydrogens is 323 g/mol. The molecule has 0 saturated carbocycles. The fraction of sp³-hybridized carbons (Fsp3) is 0.200. The second kappa shape index (κ2) is 6.65. The molecule has 0 heterocycles. The van der Waals surface area contributed by atoms with E-state index in [1.807, 2.05) is 0 Å². The highest BCUT2D eigenvalue weighted by molar-refractivity contribution is 9.09. The molecule has 18 heavy (non-hydrogen) atoms. The molecule has 0 N–H and O–H groups in total. The fourth-order valence-corrected chi connectivity index (χ4v) is 6.58. The molecule has 2 aromatic carbocycles. The molecule has 0 aromatic heterocycles. The summed E-state index contributed by atoms with van der Waals surface area (Å²) in [6, 6.07) is 19.6. The number of hydrogen-bond acceptors (Lipinski definition) is 1. The van der Waals surface area contributed by atoms with Crippen LogP contribution in [0.5, 0.6) is 0 Å². The van der Waals surface area contributed by atoms with Crippen LogP contribution in [-0.4, -0.2) is 11.5 Å². The van der Waals surface area contributed by atoms with Crippen molar-refractivity contribution in [1.82, 2.24) is 0 Å². The first-order chi connectivity index (χ1) is 8.77. The molecule has 0 fully saturated rings. The maximum Gasteiger partial charge on any atom is 0.0106 e. The van der Waals surface area contributed by atoms with Crippen LogP contribution in [0.3, 0.4) is 0 Å². The van der Waals surface area contributed by atoms with Crippen LogP contribution in [0.4, 0.5) is 0 Å². The Balaban J connectivity index is 2.45. The van der Waals surface area contributed by atoms with E-state index in [0.717, 1.165) is 17.9 Å². The molecule has 0 aliphatic carbocycles. The van der Waals surface area contributed by atoms with Gasteiger partial charge in [0.1, 0.15) is 0 Å². The van der Waals surface area contributed by atoms with Gasteiger partial charge in [-0.2, -0.15) is 0 Å². The van der Waals surface area contributed by atoms with Gasteiger partial charge in [0.25, 0.3) is 0 Å². The van der Waals surface area contributed by atoms with Crippen molar-refractivity contribution in [1.29, 1.82) is 0 Å². The lowest BCUT2D eigenvalue weighted by Crippen LogP contribution is -2.18. The van der Waals surface area contributed by atoms with Crippen molar-refractivity contribution in [2.45, 2.75) is 6.42 Å². The van der Waals surface area contributed by atoms with E-state index in [1.165, 1.54) is 10.6 Å². The largest absolute Gasteiger partial charge is 0.0928 e. The molecule has 0 radical (unpaired) electrons.